The maximum atomic E-state index is 11.1. The molecule has 3 unspecified atom stereocenters. The molecule has 3 atom stereocenters. The first-order chi connectivity index (χ1) is 21.9. The van der Waals surface area contributed by atoms with Crippen LogP contribution in [0.4, 0.5) is 0 Å². The first kappa shape index (κ1) is 45.3. The van der Waals surface area contributed by atoms with Gasteiger partial charge < -0.3 is 18.2 Å². The molecule has 0 bridgehead atoms. The number of nitrogens with zero attached hydrogens (tertiary/aromatic N) is 1. The quantitative estimate of drug-likeness (QED) is 0.0305. The minimum atomic E-state index is -0.135. The number of likely N-dealkylation sites (N-methyl/N-ethyl adjacent to an activating group) is 1. The minimum Gasteiger partial charge on any atom is -0.471 e. The number of unbranched alkanes of at least 4 members (excludes halogenated alkanes) is 24. The first-order valence-corrected chi connectivity index (χ1v) is 22.6. The summed E-state index contributed by atoms with van der Waals surface area (Å²) < 4.78 is 0.884. The molecule has 1 N–H and O–H groups in total. The van der Waals surface area contributed by atoms with Gasteiger partial charge in [-0.25, -0.2) is 0 Å². The molecule has 0 aliphatic heterocycles. The highest BCUT2D eigenvalue weighted by molar-refractivity contribution is 7.43. The van der Waals surface area contributed by atoms with Crippen LogP contribution in [-0.2, 0) is 0 Å². The molecule has 0 saturated carbocycles. The summed E-state index contributed by atoms with van der Waals surface area (Å²) in [7, 11) is 8.98. The Bertz CT molecular complexity index is 629. The normalized spacial score (nSPS) is 14.4. The van der Waals surface area contributed by atoms with Gasteiger partial charge in [0.25, 0.3) is 0 Å². The van der Waals surface area contributed by atoms with Gasteiger partial charge in [-0.15, -0.1) is 0 Å². The molecule has 0 rings (SSSR count). The summed E-state index contributed by atoms with van der Waals surface area (Å²) in [6, 6.07) is 0. The number of allylic oxidation sites excluding steroid dienone is 4. The number of rotatable bonds is 36. The molecule has 0 aromatic heterocycles. The Balaban J connectivity index is 3.68. The van der Waals surface area contributed by atoms with Gasteiger partial charge >= 0.3 is 0 Å². The van der Waals surface area contributed by atoms with E-state index in [9.17, 15) is 5.11 Å². The van der Waals surface area contributed by atoms with E-state index in [1.807, 2.05) is 0 Å². The van der Waals surface area contributed by atoms with Crippen LogP contribution in [0.1, 0.15) is 194 Å². The summed E-state index contributed by atoms with van der Waals surface area (Å²) in [5.41, 5.74) is 0. The van der Waals surface area contributed by atoms with Crippen LogP contribution in [0.25, 0.3) is 0 Å². The van der Waals surface area contributed by atoms with Gasteiger partial charge in [-0.1, -0.05) is 169 Å². The third-order valence-electron chi connectivity index (χ3n) is 9.10. The van der Waals surface area contributed by atoms with Crippen molar-refractivity contribution in [2.75, 3.05) is 33.5 Å². The Morgan fingerprint density at radius 1 is 0.489 bits per heavy atom. The maximum Gasteiger partial charge on any atom is 0.0935 e. The molecule has 0 radical (unpaired) electrons. The lowest BCUT2D eigenvalue weighted by Gasteiger charge is -2.46. The molecule has 0 spiro atoms. The molecule has 0 aliphatic rings. The highest BCUT2D eigenvalue weighted by atomic mass is 31.1. The van der Waals surface area contributed by atoms with E-state index in [1.165, 1.54) is 201 Å². The van der Waals surface area contributed by atoms with Gasteiger partial charge in [0, 0.05) is 0 Å². The van der Waals surface area contributed by atoms with E-state index in [-0.39, 0.29) is 5.85 Å². The van der Waals surface area contributed by atoms with Crippen LogP contribution in [0.3, 0.4) is 0 Å². The fourth-order valence-electron chi connectivity index (χ4n) is 6.08. The van der Waals surface area contributed by atoms with E-state index in [4.69, 9.17) is 0 Å². The van der Waals surface area contributed by atoms with Crippen molar-refractivity contribution >= 4 is 17.2 Å². The van der Waals surface area contributed by atoms with E-state index in [0.29, 0.717) is 14.4 Å². The van der Waals surface area contributed by atoms with Gasteiger partial charge in [-0.05, 0) is 69.7 Å². The van der Waals surface area contributed by atoms with E-state index >= 15 is 0 Å². The van der Waals surface area contributed by atoms with Crippen molar-refractivity contribution in [1.29, 1.82) is 0 Å². The van der Waals surface area contributed by atoms with E-state index in [0.717, 1.165) is 4.48 Å². The van der Waals surface area contributed by atoms with Crippen LogP contribution in [0.15, 0.2) is 24.3 Å². The first-order valence-electron chi connectivity index (χ1n) is 20.1. The predicted octanol–water partition coefficient (Wildman–Crippen LogP) is 14.0. The number of hydrogen-bond donors (Lipinski definition) is 1. The summed E-state index contributed by atoms with van der Waals surface area (Å²) in [5, 5.41) is 11.1. The zero-order chi connectivity index (χ0) is 33.1. The summed E-state index contributed by atoms with van der Waals surface area (Å²) in [4.78, 5) is 0. The van der Waals surface area contributed by atoms with Crippen LogP contribution in [0.2, 0.25) is 0 Å². The number of hydrogen-bond acceptors (Lipinski definition) is 1. The summed E-state index contributed by atoms with van der Waals surface area (Å²) in [6.45, 7) is 4.58. The average Bonchev–Trinajstić information content (AvgIpc) is 3.01. The monoisotopic (exact) mass is 668 g/mol. The smallest absolute Gasteiger partial charge is 0.0935 e. The zero-order valence-electron chi connectivity index (χ0n) is 31.5. The van der Waals surface area contributed by atoms with E-state index in [2.05, 4.69) is 59.3 Å². The topological polar surface area (TPSA) is 20.2 Å². The largest absolute Gasteiger partial charge is 0.471 e. The van der Waals surface area contributed by atoms with Crippen LogP contribution in [0, 0.1) is 0 Å². The molecule has 0 heterocycles. The lowest BCUT2D eigenvalue weighted by Crippen LogP contribution is -2.47. The van der Waals surface area contributed by atoms with Gasteiger partial charge in [0.1, 0.15) is 0 Å². The molecule has 0 fully saturated rings. The molecule has 0 aromatic rings. The molecular formula is C41H83NOP2. The maximum absolute atomic E-state index is 11.1. The molecular weight excluding hydrogens is 584 g/mol. The molecule has 0 aromatic carbocycles. The fourth-order valence-corrected chi connectivity index (χ4v) is 9.48. The summed E-state index contributed by atoms with van der Waals surface area (Å²) >= 11 is 0. The van der Waals surface area contributed by atoms with Gasteiger partial charge in [-0.2, -0.15) is 6.16 Å². The molecule has 4 heteroatoms. The van der Waals surface area contributed by atoms with Crippen molar-refractivity contribution in [2.24, 2.45) is 0 Å². The van der Waals surface area contributed by atoms with Gasteiger partial charge in [0.2, 0.25) is 0 Å². The Hall–Kier alpha value is 0.260. The van der Waals surface area contributed by atoms with Crippen LogP contribution in [-0.4, -0.2) is 54.7 Å². The second-order valence-corrected chi connectivity index (χ2v) is 17.6. The summed E-state index contributed by atoms with van der Waals surface area (Å²) in [5.74, 6) is 0.226. The molecule has 45 heavy (non-hydrogen) atoms. The SMILES string of the molecule is CCCCCCCC/C=C\CCCCCCCC[P-]C(C(O)PCCCCCCCC/C=C\CCCCCCCC)[N+](C)(C)C. The standard InChI is InChI=1S/C41H83NOP2/c1-6-8-10-12-14-16-18-20-22-24-26-28-30-32-34-36-38-44-40(42(3,4)5)41(43)45-39-37-35-33-31-29-27-25-23-21-19-17-15-13-11-9-7-2/h20-23,40-41,43,45H,6-19,24-39H2,1-5H3/b22-20-,23-21-. The van der Waals surface area contributed by atoms with Crippen molar-refractivity contribution in [2.45, 2.75) is 205 Å². The van der Waals surface area contributed by atoms with Crippen molar-refractivity contribution in [3.8, 4) is 0 Å². The van der Waals surface area contributed by atoms with Crippen molar-refractivity contribution in [3.63, 3.8) is 0 Å². The van der Waals surface area contributed by atoms with Crippen LogP contribution in [0.5, 0.6) is 0 Å². The van der Waals surface area contributed by atoms with E-state index in [1.54, 1.807) is 0 Å². The molecule has 0 amide bonds. The van der Waals surface area contributed by atoms with Crippen molar-refractivity contribution < 1.29 is 9.59 Å². The average molecular weight is 668 g/mol. The zero-order valence-corrected chi connectivity index (χ0v) is 33.4. The predicted molar refractivity (Wildman–Crippen MR) is 212 cm³/mol. The Kier molecular flexibility index (Phi) is 35.8. The van der Waals surface area contributed by atoms with Gasteiger partial charge in [-0.3, -0.25) is 0 Å². The highest BCUT2D eigenvalue weighted by Crippen LogP contribution is 2.36. The van der Waals surface area contributed by atoms with Crippen molar-refractivity contribution in [3.05, 3.63) is 24.3 Å². The lowest BCUT2D eigenvalue weighted by atomic mass is 10.1. The van der Waals surface area contributed by atoms with Crippen LogP contribution < -0.4 is 0 Å². The van der Waals surface area contributed by atoms with Gasteiger partial charge in [0.05, 0.1) is 27.0 Å². The minimum absolute atomic E-state index is 0.135. The lowest BCUT2D eigenvalue weighted by molar-refractivity contribution is -0.883. The van der Waals surface area contributed by atoms with E-state index < -0.39 is 0 Å². The third kappa shape index (κ3) is 33.9. The van der Waals surface area contributed by atoms with Crippen LogP contribution >= 0.6 is 17.2 Å². The number of quaternary nitrogens is 1. The second kappa shape index (κ2) is 35.6. The fraction of sp³-hybridized carbons (Fsp3) is 0.902. The number of aliphatic hydroxyl groups excluding tert-OH is 1. The molecule has 0 saturated heterocycles. The molecule has 2 nitrogen and oxygen atoms in total. The molecule has 268 valence electrons. The highest BCUT2D eigenvalue weighted by Gasteiger charge is 2.22. The Morgan fingerprint density at radius 3 is 1.20 bits per heavy atom. The Morgan fingerprint density at radius 2 is 0.822 bits per heavy atom. The number of aliphatic hydroxyl groups is 1. The molecule has 0 aliphatic carbocycles. The second-order valence-electron chi connectivity index (χ2n) is 14.7. The van der Waals surface area contributed by atoms with Gasteiger partial charge in [0.15, 0.2) is 0 Å². The third-order valence-corrected chi connectivity index (χ3v) is 12.7. The Labute approximate surface area is 289 Å². The summed E-state index contributed by atoms with van der Waals surface area (Å²) in [6.07, 6.45) is 50.4. The van der Waals surface area contributed by atoms with Crippen molar-refractivity contribution in [1.82, 2.24) is 0 Å².